The minimum atomic E-state index is -5.40. The molecule has 0 aliphatic rings. The van der Waals surface area contributed by atoms with Gasteiger partial charge in [0.05, 0.1) is 25.7 Å². The molecule has 0 radical (unpaired) electrons. The number of rotatable bonds is 39. The van der Waals surface area contributed by atoms with Gasteiger partial charge >= 0.3 is 33.6 Å². The fraction of sp³-hybridized carbons (Fsp3) is 0.520. The largest absolute Gasteiger partial charge is 0.508 e. The van der Waals surface area contributed by atoms with E-state index < -0.39 is 193 Å². The number of hydrogen-bond acceptors (Lipinski definition) is 18. The lowest BCUT2D eigenvalue weighted by atomic mass is 10.00. The first-order chi connectivity index (χ1) is 39.5. The highest BCUT2D eigenvalue weighted by atomic mass is 31.2. The minimum Gasteiger partial charge on any atom is -0.508 e. The lowest BCUT2D eigenvalue weighted by molar-refractivity contribution is -0.142. The highest BCUT2D eigenvalue weighted by Crippen LogP contribution is 2.36. The maximum absolute atomic E-state index is 14.2. The van der Waals surface area contributed by atoms with Crippen molar-refractivity contribution in [2.45, 2.75) is 140 Å². The molecular weight excluding hydrogens is 1170 g/mol. The molecule has 9 atom stereocenters. The average Bonchev–Trinajstić information content (AvgIpc) is 3.62. The Balaban J connectivity index is 2.50. The van der Waals surface area contributed by atoms with Crippen LogP contribution >= 0.6 is 15.6 Å². The standard InChI is InChI=1S/C50H73N9O24P2/c1-26(2)18-35(46(71)52-30(23-60)20-29-10-12-31(61)13-11-29)56-49(74)38(22-42(66)67)58-47(72)36(19-27(3)4)55-45(70)34(15-17-41(64)65)53-44(69)33(14-16-40(62)63)54-48(73)37(21-28-8-6-5-7-9-28)57-50(75)39(25-83-85(79,80)81)59-43(68)32(51)24-82-84(76,77)78/h5-13,23,26-27,30,32-39,61H,14-22,24-25,51H2,1-4H3,(H,52,71)(H,53,69)(H,54,73)(H,55,70)(H,56,74)(H,57,75)(H,58,72)(H,59,68)(H,62,63)(H,64,65)(H,66,67)(H2,76,77,78)(H2,79,80,81)/t30-,32-,33-,34-,35-,36-,37-,38-,39-/m0/s1. The van der Waals surface area contributed by atoms with Crippen molar-refractivity contribution in [1.82, 2.24) is 42.5 Å². The number of aliphatic carboxylic acids is 3. The molecule has 0 saturated heterocycles. The van der Waals surface area contributed by atoms with E-state index in [-0.39, 0.29) is 30.9 Å². The Morgan fingerprint density at radius 3 is 1.31 bits per heavy atom. The molecule has 2 aromatic carbocycles. The van der Waals surface area contributed by atoms with E-state index in [4.69, 9.17) is 15.5 Å². The summed E-state index contributed by atoms with van der Waals surface area (Å²) in [7, 11) is -10.6. The maximum Gasteiger partial charge on any atom is 0.469 e. The first-order valence-electron chi connectivity index (χ1n) is 26.1. The number of phenolic OH excluding ortho intramolecular Hbond substituents is 1. The highest BCUT2D eigenvalue weighted by Gasteiger charge is 2.37. The molecule has 0 aromatic heterocycles. The minimum absolute atomic E-state index is 0.0135. The summed E-state index contributed by atoms with van der Waals surface area (Å²) >= 11 is 0. The van der Waals surface area contributed by atoms with Crippen LogP contribution in [0.3, 0.4) is 0 Å². The van der Waals surface area contributed by atoms with Crippen LogP contribution < -0.4 is 48.3 Å². The van der Waals surface area contributed by atoms with Crippen LogP contribution in [-0.2, 0) is 88.6 Å². The normalized spacial score (nSPS) is 14.7. The van der Waals surface area contributed by atoms with E-state index in [1.54, 1.807) is 33.8 Å². The van der Waals surface area contributed by atoms with Gasteiger partial charge in [0.15, 0.2) is 0 Å². The van der Waals surface area contributed by atoms with Crippen molar-refractivity contribution in [3.8, 4) is 5.75 Å². The lowest BCUT2D eigenvalue weighted by Gasteiger charge is -2.28. The lowest BCUT2D eigenvalue weighted by Crippen LogP contribution is -2.61. The van der Waals surface area contributed by atoms with Crippen LogP contribution in [0.5, 0.6) is 5.75 Å². The summed E-state index contributed by atoms with van der Waals surface area (Å²) in [6.45, 7) is 4.14. The van der Waals surface area contributed by atoms with Crippen molar-refractivity contribution >= 4 is 87.1 Å². The van der Waals surface area contributed by atoms with Gasteiger partial charge in [-0.2, -0.15) is 0 Å². The van der Waals surface area contributed by atoms with Crippen LogP contribution in [0.15, 0.2) is 54.6 Å². The molecule has 18 N–H and O–H groups in total. The van der Waals surface area contributed by atoms with Crippen molar-refractivity contribution in [3.63, 3.8) is 0 Å². The number of carboxylic acids is 3. The number of phosphoric acid groups is 2. The molecule has 35 heteroatoms. The summed E-state index contributed by atoms with van der Waals surface area (Å²) < 4.78 is 31.4. The molecule has 2 rings (SSSR count). The van der Waals surface area contributed by atoms with Gasteiger partial charge in [-0.25, -0.2) is 9.13 Å². The first kappa shape index (κ1) is 73.4. The first-order valence-corrected chi connectivity index (χ1v) is 29.1. The number of benzene rings is 2. The molecule has 0 fully saturated rings. The van der Waals surface area contributed by atoms with Crippen LogP contribution in [0.1, 0.15) is 83.8 Å². The zero-order valence-corrected chi connectivity index (χ0v) is 48.3. The maximum atomic E-state index is 14.2. The second-order valence-corrected chi connectivity index (χ2v) is 22.6. The molecule has 0 saturated carbocycles. The quantitative estimate of drug-likeness (QED) is 0.0236. The zero-order valence-electron chi connectivity index (χ0n) is 46.5. The number of aldehydes is 1. The van der Waals surface area contributed by atoms with Crippen molar-refractivity contribution in [1.29, 1.82) is 0 Å². The number of nitrogens with two attached hydrogens (primary N) is 1. The topological polar surface area (TPSA) is 542 Å². The van der Waals surface area contributed by atoms with Crippen LogP contribution in [0.25, 0.3) is 0 Å². The predicted molar refractivity (Wildman–Crippen MR) is 292 cm³/mol. The smallest absolute Gasteiger partial charge is 0.469 e. The Hall–Kier alpha value is -7.74. The number of hydrogen-bond donors (Lipinski definition) is 17. The Labute approximate surface area is 486 Å². The Bertz CT molecular complexity index is 2750. The van der Waals surface area contributed by atoms with Crippen LogP contribution in [0.2, 0.25) is 0 Å². The second-order valence-electron chi connectivity index (χ2n) is 20.1. The summed E-state index contributed by atoms with van der Waals surface area (Å²) in [6, 6.07) is -2.55. The van der Waals surface area contributed by atoms with E-state index >= 15 is 0 Å². The summed E-state index contributed by atoms with van der Waals surface area (Å²) in [5.74, 6) is -15.3. The Morgan fingerprint density at radius 2 is 0.859 bits per heavy atom. The van der Waals surface area contributed by atoms with Gasteiger partial charge < -0.3 is 93.1 Å². The van der Waals surface area contributed by atoms with Crippen LogP contribution in [-0.4, -0.2) is 179 Å². The van der Waals surface area contributed by atoms with Gasteiger partial charge in [0.25, 0.3) is 0 Å². The monoisotopic (exact) mass is 1250 g/mol. The third kappa shape index (κ3) is 30.1. The van der Waals surface area contributed by atoms with E-state index in [0.29, 0.717) is 17.4 Å². The fourth-order valence-electron chi connectivity index (χ4n) is 7.74. The van der Waals surface area contributed by atoms with Crippen LogP contribution in [0, 0.1) is 11.8 Å². The SMILES string of the molecule is CC(C)C[C@H](NC(=O)[C@H](CC(=O)O)NC(=O)[C@H](CC(C)C)NC(=O)[C@H](CCC(=O)O)NC(=O)[C@H](CCC(=O)O)NC(=O)[C@H](Cc1ccccc1)NC(=O)[C@H](COP(=O)(O)O)NC(=O)[C@@H](N)COP(=O)(O)O)C(=O)N[C@H](C=O)Cc1ccc(O)cc1. The van der Waals surface area contributed by atoms with E-state index in [9.17, 15) is 96.9 Å². The highest BCUT2D eigenvalue weighted by molar-refractivity contribution is 7.46. The molecule has 2 aromatic rings. The number of carbonyl (C=O) groups excluding carboxylic acids is 9. The molecule has 0 aliphatic heterocycles. The Kier molecular flexibility index (Phi) is 30.7. The second kappa shape index (κ2) is 35.5. The van der Waals surface area contributed by atoms with Crippen molar-refractivity contribution in [2.24, 2.45) is 17.6 Å². The molecule has 0 spiro atoms. The van der Waals surface area contributed by atoms with E-state index in [2.05, 4.69) is 46.3 Å². The van der Waals surface area contributed by atoms with Crippen molar-refractivity contribution in [2.75, 3.05) is 13.2 Å². The average molecular weight is 1250 g/mol. The van der Waals surface area contributed by atoms with E-state index in [1.165, 1.54) is 48.5 Å². The molecule has 0 bridgehead atoms. The van der Waals surface area contributed by atoms with Gasteiger partial charge in [-0.1, -0.05) is 70.2 Å². The number of carboxylic acid groups (broad SMARTS) is 3. The van der Waals surface area contributed by atoms with Gasteiger partial charge in [-0.15, -0.1) is 0 Å². The third-order valence-corrected chi connectivity index (χ3v) is 12.8. The van der Waals surface area contributed by atoms with Gasteiger partial charge in [-0.3, -0.25) is 61.8 Å². The van der Waals surface area contributed by atoms with Gasteiger partial charge in [0, 0.05) is 19.3 Å². The number of phosphoric ester groups is 2. The zero-order chi connectivity index (χ0) is 64.4. The molecule has 85 heavy (non-hydrogen) atoms. The molecule has 0 unspecified atom stereocenters. The van der Waals surface area contributed by atoms with Crippen LogP contribution in [0.4, 0.5) is 0 Å². The summed E-state index contributed by atoms with van der Waals surface area (Å²) in [5, 5.41) is 56.9. The fourth-order valence-corrected chi connectivity index (χ4v) is 8.44. The molecular formula is C50H73N9O24P2. The van der Waals surface area contributed by atoms with Gasteiger partial charge in [-0.05, 0) is 67.2 Å². The summed E-state index contributed by atoms with van der Waals surface area (Å²) in [4.78, 5) is 195. The molecule has 0 aliphatic carbocycles. The number of phenols is 1. The number of amides is 8. The number of nitrogens with one attached hydrogen (secondary N) is 8. The molecule has 472 valence electrons. The van der Waals surface area contributed by atoms with Crippen molar-refractivity contribution < 1.29 is 116 Å². The predicted octanol–water partition coefficient (Wildman–Crippen LogP) is -2.90. The third-order valence-electron chi connectivity index (χ3n) is 11.9. The molecule has 8 amide bonds. The summed E-state index contributed by atoms with van der Waals surface area (Å²) in [5.41, 5.74) is 6.48. The van der Waals surface area contributed by atoms with E-state index in [1.807, 2.05) is 5.32 Å². The number of carbonyl (C=O) groups is 12. The summed E-state index contributed by atoms with van der Waals surface area (Å²) in [6.07, 6.45) is -4.55. The van der Waals surface area contributed by atoms with E-state index in [0.717, 1.165) is 0 Å². The van der Waals surface area contributed by atoms with Gasteiger partial charge in [0.2, 0.25) is 47.3 Å². The molecule has 33 nitrogen and oxygen atoms in total. The Morgan fingerprint density at radius 1 is 0.482 bits per heavy atom. The van der Waals surface area contributed by atoms with Gasteiger partial charge in [0.1, 0.15) is 60.4 Å². The number of aromatic hydroxyl groups is 1. The molecule has 0 heterocycles. The van der Waals surface area contributed by atoms with Crippen molar-refractivity contribution in [3.05, 3.63) is 65.7 Å².